The molecule has 36 heavy (non-hydrogen) atoms. The molecule has 4 aromatic rings. The molecule has 0 saturated heterocycles. The van der Waals surface area contributed by atoms with Crippen LogP contribution in [0.5, 0.6) is 0 Å². The maximum absolute atomic E-state index is 13.6. The first kappa shape index (κ1) is 23.2. The number of carbonyl (C=O) groups is 1. The standard InChI is InChI=1S/C26H19N3O6S/c1-15-22(25(31)34-2)23(16-7-4-3-5-8-16)28-24(30)21(36-26(28)27-15)14-19-11-12-20(35-19)17-9-6-10-18(13-17)29(32)33/h3-14,23H,1-2H3. The molecule has 3 heterocycles. The van der Waals surface area contributed by atoms with Gasteiger partial charge in [0.05, 0.1) is 33.9 Å². The molecule has 0 amide bonds. The number of nitro benzene ring substituents is 1. The molecule has 0 bridgehead atoms. The van der Waals surface area contributed by atoms with Crippen LogP contribution in [-0.2, 0) is 9.53 Å². The molecule has 5 rings (SSSR count). The molecule has 0 fully saturated rings. The molecule has 0 aliphatic carbocycles. The lowest BCUT2D eigenvalue weighted by molar-refractivity contribution is -0.384. The fraction of sp³-hybridized carbons (Fsp3) is 0.115. The Morgan fingerprint density at radius 1 is 1.17 bits per heavy atom. The summed E-state index contributed by atoms with van der Waals surface area (Å²) in [5, 5.41) is 11.1. The molecule has 0 radical (unpaired) electrons. The molecule has 2 aromatic heterocycles. The van der Waals surface area contributed by atoms with Gasteiger partial charge in [-0.2, -0.15) is 0 Å². The second-order valence-corrected chi connectivity index (χ2v) is 9.00. The number of nitro groups is 1. The molecule has 1 aliphatic heterocycles. The van der Waals surface area contributed by atoms with Gasteiger partial charge in [0.25, 0.3) is 11.2 Å². The summed E-state index contributed by atoms with van der Waals surface area (Å²) < 4.78 is 12.7. The third kappa shape index (κ3) is 4.07. The number of esters is 1. The largest absolute Gasteiger partial charge is 0.466 e. The first-order chi connectivity index (χ1) is 17.4. The number of hydrogen-bond donors (Lipinski definition) is 0. The van der Waals surface area contributed by atoms with E-state index in [1.165, 1.54) is 35.1 Å². The van der Waals surface area contributed by atoms with Gasteiger partial charge in [-0.15, -0.1) is 0 Å². The number of furan rings is 1. The summed E-state index contributed by atoms with van der Waals surface area (Å²) >= 11 is 1.18. The Kier molecular flexibility index (Phi) is 5.95. The van der Waals surface area contributed by atoms with Crippen LogP contribution in [-0.4, -0.2) is 22.6 Å². The van der Waals surface area contributed by atoms with Gasteiger partial charge in [-0.3, -0.25) is 19.5 Å². The van der Waals surface area contributed by atoms with Gasteiger partial charge < -0.3 is 9.15 Å². The van der Waals surface area contributed by atoms with Crippen LogP contribution < -0.4 is 14.9 Å². The van der Waals surface area contributed by atoms with Crippen LogP contribution in [0.25, 0.3) is 17.4 Å². The SMILES string of the molecule is COC(=O)C1=C(C)N=c2sc(=Cc3ccc(-c4cccc([N+](=O)[O-])c4)o3)c(=O)n2C1c1ccccc1. The number of hydrogen-bond acceptors (Lipinski definition) is 8. The number of thiazole rings is 1. The normalized spacial score (nSPS) is 15.4. The van der Waals surface area contributed by atoms with Crippen molar-refractivity contribution >= 4 is 29.1 Å². The average molecular weight is 502 g/mol. The van der Waals surface area contributed by atoms with Crippen molar-refractivity contribution in [2.24, 2.45) is 4.99 Å². The summed E-state index contributed by atoms with van der Waals surface area (Å²) in [4.78, 5) is 41.8. The molecule has 1 unspecified atom stereocenters. The van der Waals surface area contributed by atoms with E-state index in [1.54, 1.807) is 37.3 Å². The Bertz CT molecular complexity index is 1710. The van der Waals surface area contributed by atoms with Gasteiger partial charge in [-0.1, -0.05) is 53.8 Å². The van der Waals surface area contributed by atoms with Gasteiger partial charge in [0.2, 0.25) is 0 Å². The molecular formula is C26H19N3O6S. The highest BCUT2D eigenvalue weighted by Gasteiger charge is 2.32. The highest BCUT2D eigenvalue weighted by Crippen LogP contribution is 2.30. The van der Waals surface area contributed by atoms with E-state index in [4.69, 9.17) is 9.15 Å². The molecule has 2 aromatic carbocycles. The second kappa shape index (κ2) is 9.23. The van der Waals surface area contributed by atoms with Crippen LogP contribution in [0.3, 0.4) is 0 Å². The number of ether oxygens (including phenoxy) is 1. The zero-order chi connectivity index (χ0) is 25.4. The van der Waals surface area contributed by atoms with Crippen LogP contribution in [0.1, 0.15) is 24.3 Å². The number of benzene rings is 2. The smallest absolute Gasteiger partial charge is 0.338 e. The Balaban J connectivity index is 1.62. The van der Waals surface area contributed by atoms with Crippen molar-refractivity contribution in [2.75, 3.05) is 7.11 Å². The predicted molar refractivity (Wildman–Crippen MR) is 133 cm³/mol. The van der Waals surface area contributed by atoms with Crippen molar-refractivity contribution in [1.29, 1.82) is 0 Å². The number of fused-ring (bicyclic) bond motifs is 1. The average Bonchev–Trinajstić information content (AvgIpc) is 3.48. The van der Waals surface area contributed by atoms with E-state index >= 15 is 0 Å². The van der Waals surface area contributed by atoms with Crippen molar-refractivity contribution in [3.8, 4) is 11.3 Å². The zero-order valence-electron chi connectivity index (χ0n) is 19.2. The number of allylic oxidation sites excluding steroid dienone is 1. The van der Waals surface area contributed by atoms with Crippen molar-refractivity contribution in [1.82, 2.24) is 4.57 Å². The number of aromatic nitrogens is 1. The molecule has 1 atom stereocenters. The van der Waals surface area contributed by atoms with Crippen molar-refractivity contribution in [3.63, 3.8) is 0 Å². The van der Waals surface area contributed by atoms with Gasteiger partial charge in [0, 0.05) is 23.8 Å². The Morgan fingerprint density at radius 3 is 2.67 bits per heavy atom. The first-order valence-corrected chi connectivity index (χ1v) is 11.7. The fourth-order valence-corrected chi connectivity index (χ4v) is 5.16. The summed E-state index contributed by atoms with van der Waals surface area (Å²) in [5.41, 5.74) is 1.72. The van der Waals surface area contributed by atoms with Crippen molar-refractivity contribution < 1.29 is 18.9 Å². The quantitative estimate of drug-likeness (QED) is 0.234. The highest BCUT2D eigenvalue weighted by molar-refractivity contribution is 7.07. The highest BCUT2D eigenvalue weighted by atomic mass is 32.1. The lowest BCUT2D eigenvalue weighted by Gasteiger charge is -2.24. The Labute approximate surface area is 208 Å². The van der Waals surface area contributed by atoms with Crippen LogP contribution in [0, 0.1) is 10.1 Å². The van der Waals surface area contributed by atoms with E-state index in [0.717, 1.165) is 5.56 Å². The minimum Gasteiger partial charge on any atom is -0.466 e. The maximum Gasteiger partial charge on any atom is 0.338 e. The molecule has 9 nitrogen and oxygen atoms in total. The minimum atomic E-state index is -0.686. The molecule has 0 saturated carbocycles. The van der Waals surface area contributed by atoms with Gasteiger partial charge in [0.1, 0.15) is 11.5 Å². The number of methoxy groups -OCH3 is 1. The van der Waals surface area contributed by atoms with Crippen molar-refractivity contribution in [2.45, 2.75) is 13.0 Å². The lowest BCUT2D eigenvalue weighted by atomic mass is 9.96. The van der Waals surface area contributed by atoms with Gasteiger partial charge in [0.15, 0.2) is 4.80 Å². The molecular weight excluding hydrogens is 482 g/mol. The second-order valence-electron chi connectivity index (χ2n) is 7.99. The third-order valence-electron chi connectivity index (χ3n) is 5.78. The van der Waals surface area contributed by atoms with Crippen LogP contribution in [0.4, 0.5) is 5.69 Å². The van der Waals surface area contributed by atoms with Crippen LogP contribution in [0.2, 0.25) is 0 Å². The van der Waals surface area contributed by atoms with Crippen molar-refractivity contribution in [3.05, 3.63) is 119 Å². The summed E-state index contributed by atoms with van der Waals surface area (Å²) in [6, 6.07) is 18.0. The molecule has 1 aliphatic rings. The van der Waals surface area contributed by atoms with E-state index in [9.17, 15) is 19.7 Å². The molecule has 0 spiro atoms. The predicted octanol–water partition coefficient (Wildman–Crippen LogP) is 3.58. The van der Waals surface area contributed by atoms with E-state index in [1.807, 2.05) is 30.3 Å². The fourth-order valence-electron chi connectivity index (χ4n) is 4.13. The Morgan fingerprint density at radius 2 is 1.94 bits per heavy atom. The first-order valence-electron chi connectivity index (χ1n) is 10.9. The van der Waals surface area contributed by atoms with E-state index < -0.39 is 16.9 Å². The number of nitrogens with zero attached hydrogens (tertiary/aromatic N) is 3. The molecule has 10 heteroatoms. The summed E-state index contributed by atoms with van der Waals surface area (Å²) in [7, 11) is 1.30. The van der Waals surface area contributed by atoms with E-state index in [-0.39, 0.29) is 11.2 Å². The third-order valence-corrected chi connectivity index (χ3v) is 6.77. The Hall–Kier alpha value is -4.57. The van der Waals surface area contributed by atoms with Crippen LogP contribution >= 0.6 is 11.3 Å². The lowest BCUT2D eigenvalue weighted by Crippen LogP contribution is -2.39. The number of rotatable bonds is 5. The topological polar surface area (TPSA) is 117 Å². The molecule has 0 N–H and O–H groups in total. The number of carbonyl (C=O) groups excluding carboxylic acids is 1. The van der Waals surface area contributed by atoms with E-state index in [2.05, 4.69) is 4.99 Å². The van der Waals surface area contributed by atoms with E-state index in [0.29, 0.717) is 37.7 Å². The van der Waals surface area contributed by atoms with Gasteiger partial charge in [-0.25, -0.2) is 9.79 Å². The molecule has 180 valence electrons. The van der Waals surface area contributed by atoms with Gasteiger partial charge >= 0.3 is 5.97 Å². The summed E-state index contributed by atoms with van der Waals surface area (Å²) in [6.45, 7) is 1.72. The summed E-state index contributed by atoms with van der Waals surface area (Å²) in [6.07, 6.45) is 1.60. The van der Waals surface area contributed by atoms with Crippen LogP contribution in [0.15, 0.2) is 92.2 Å². The summed E-state index contributed by atoms with van der Waals surface area (Å²) in [5.74, 6) is 0.289. The minimum absolute atomic E-state index is 0.0450. The zero-order valence-corrected chi connectivity index (χ0v) is 20.0. The maximum atomic E-state index is 13.6. The number of non-ortho nitro benzene ring substituents is 1. The monoisotopic (exact) mass is 501 g/mol. The van der Waals surface area contributed by atoms with Gasteiger partial charge in [-0.05, 0) is 24.6 Å².